The summed E-state index contributed by atoms with van der Waals surface area (Å²) in [5.41, 5.74) is 5.62. The fourth-order valence-electron chi connectivity index (χ4n) is 5.29. The van der Waals surface area contributed by atoms with E-state index in [9.17, 15) is 4.39 Å². The number of rotatable bonds is 12. The minimum Gasteiger partial charge on any atom is -0.380 e. The quantitative estimate of drug-likeness (QED) is 0.307. The number of hydrogen-bond acceptors (Lipinski definition) is 4. The second-order valence-electron chi connectivity index (χ2n) is 11.0. The summed E-state index contributed by atoms with van der Waals surface area (Å²) in [5.74, 6) is 0.919. The van der Waals surface area contributed by atoms with Gasteiger partial charge in [0.15, 0.2) is 0 Å². The highest BCUT2D eigenvalue weighted by molar-refractivity contribution is 5.72. The van der Waals surface area contributed by atoms with Gasteiger partial charge in [0.1, 0.15) is 11.5 Å². The molecule has 3 rings (SSSR count). The van der Waals surface area contributed by atoms with Crippen molar-refractivity contribution in [3.05, 3.63) is 97.1 Å². The van der Waals surface area contributed by atoms with Crippen LogP contribution in [0.3, 0.4) is 0 Å². The third-order valence-corrected chi connectivity index (χ3v) is 7.78. The van der Waals surface area contributed by atoms with E-state index in [0.29, 0.717) is 32.2 Å². The van der Waals surface area contributed by atoms with Gasteiger partial charge in [0.05, 0.1) is 5.54 Å². The summed E-state index contributed by atoms with van der Waals surface area (Å²) in [6, 6.07) is 12.6. The van der Waals surface area contributed by atoms with Gasteiger partial charge in [-0.05, 0) is 94.0 Å². The third-order valence-electron chi connectivity index (χ3n) is 7.78. The largest absolute Gasteiger partial charge is 0.380 e. The van der Waals surface area contributed by atoms with Gasteiger partial charge < -0.3 is 10.2 Å². The molecular weight excluding hydrogens is 471 g/mol. The Balaban J connectivity index is 1.79. The number of pyridine rings is 1. The molecule has 1 aromatic heterocycles. The van der Waals surface area contributed by atoms with Crippen LogP contribution >= 0.6 is 0 Å². The summed E-state index contributed by atoms with van der Waals surface area (Å²) in [6.07, 6.45) is 5.96. The van der Waals surface area contributed by atoms with Crippen LogP contribution in [0.1, 0.15) is 69.2 Å². The van der Waals surface area contributed by atoms with E-state index < -0.39 is 5.67 Å². The molecule has 0 unspecified atom stereocenters. The predicted molar refractivity (Wildman–Crippen MR) is 161 cm³/mol. The van der Waals surface area contributed by atoms with Crippen LogP contribution in [0.4, 0.5) is 15.9 Å². The highest BCUT2D eigenvalue weighted by Crippen LogP contribution is 2.41. The normalized spacial score (nSPS) is 20.9. The minimum atomic E-state index is -1.13. The molecule has 204 valence electrons. The average Bonchev–Trinajstić information content (AvgIpc) is 2.88. The van der Waals surface area contributed by atoms with E-state index in [1.807, 2.05) is 20.0 Å². The zero-order valence-corrected chi connectivity index (χ0v) is 24.0. The molecule has 0 spiro atoms. The third kappa shape index (κ3) is 6.56. The van der Waals surface area contributed by atoms with Gasteiger partial charge in [-0.2, -0.15) is 0 Å². The van der Waals surface area contributed by atoms with Crippen molar-refractivity contribution in [2.75, 3.05) is 18.5 Å². The van der Waals surface area contributed by atoms with Crippen molar-refractivity contribution in [2.45, 2.75) is 77.4 Å². The summed E-state index contributed by atoms with van der Waals surface area (Å²) >= 11 is 0. The van der Waals surface area contributed by atoms with Gasteiger partial charge in [-0.1, -0.05) is 57.9 Å². The number of halogens is 1. The minimum absolute atomic E-state index is 0.384. The summed E-state index contributed by atoms with van der Waals surface area (Å²) in [7, 11) is 2.03. The van der Waals surface area contributed by atoms with E-state index in [0.717, 1.165) is 58.1 Å². The second kappa shape index (κ2) is 12.0. The Bertz CT molecular complexity index is 1170. The van der Waals surface area contributed by atoms with Gasteiger partial charge >= 0.3 is 0 Å². The molecule has 0 bridgehead atoms. The Hall–Kier alpha value is -3.34. The van der Waals surface area contributed by atoms with Crippen molar-refractivity contribution in [3.8, 4) is 0 Å². The number of likely N-dealkylation sites (N-methyl/N-ethyl adjacent to an activating group) is 1. The topological polar surface area (TPSA) is 31.4 Å². The van der Waals surface area contributed by atoms with Gasteiger partial charge in [-0.15, -0.1) is 0 Å². The van der Waals surface area contributed by atoms with E-state index in [2.05, 4.69) is 85.6 Å². The van der Waals surface area contributed by atoms with E-state index in [4.69, 9.17) is 4.98 Å². The Morgan fingerprint density at radius 2 is 1.68 bits per heavy atom. The first-order chi connectivity index (χ1) is 17.9. The van der Waals surface area contributed by atoms with E-state index >= 15 is 0 Å². The lowest BCUT2D eigenvalue weighted by Crippen LogP contribution is -2.52. The lowest BCUT2D eigenvalue weighted by molar-refractivity contribution is 0.0844. The molecule has 2 aromatic rings. The highest BCUT2D eigenvalue weighted by atomic mass is 19.1. The van der Waals surface area contributed by atoms with Crippen LogP contribution in [0, 0.1) is 13.8 Å². The molecule has 5 heteroatoms. The van der Waals surface area contributed by atoms with Crippen LogP contribution in [0.25, 0.3) is 5.57 Å². The molecule has 0 saturated heterocycles. The van der Waals surface area contributed by atoms with Crippen molar-refractivity contribution in [1.29, 1.82) is 0 Å². The molecule has 1 saturated carbocycles. The molecule has 0 amide bonds. The highest BCUT2D eigenvalue weighted by Gasteiger charge is 2.43. The van der Waals surface area contributed by atoms with Crippen LogP contribution in [0.15, 0.2) is 80.3 Å². The van der Waals surface area contributed by atoms with Crippen LogP contribution < -0.4 is 10.2 Å². The molecule has 0 radical (unpaired) electrons. The zero-order valence-electron chi connectivity index (χ0n) is 24.0. The Morgan fingerprint density at radius 3 is 2.26 bits per heavy atom. The molecule has 0 aliphatic heterocycles. The molecule has 1 aromatic carbocycles. The van der Waals surface area contributed by atoms with E-state index in [1.54, 1.807) is 13.1 Å². The number of allylic oxidation sites excluding steroid dienone is 1. The number of benzene rings is 1. The zero-order chi connectivity index (χ0) is 28.1. The van der Waals surface area contributed by atoms with Crippen molar-refractivity contribution >= 4 is 17.1 Å². The Labute approximate surface area is 229 Å². The lowest BCUT2D eigenvalue weighted by Gasteiger charge is -2.46. The van der Waals surface area contributed by atoms with E-state index in [1.165, 1.54) is 0 Å². The smallest absolute Gasteiger partial charge is 0.140 e. The van der Waals surface area contributed by atoms with Crippen molar-refractivity contribution < 1.29 is 4.39 Å². The molecule has 1 fully saturated rings. The number of nitrogens with one attached hydrogen (secondary N) is 1. The van der Waals surface area contributed by atoms with Crippen LogP contribution in [-0.2, 0) is 0 Å². The first kappa shape index (κ1) is 29.2. The average molecular weight is 517 g/mol. The van der Waals surface area contributed by atoms with Crippen molar-refractivity contribution in [3.63, 3.8) is 0 Å². The first-order valence-electron chi connectivity index (χ1n) is 13.6. The number of aryl methyl sites for hydroxylation is 2. The number of hydrogen-bond donors (Lipinski definition) is 1. The maximum absolute atomic E-state index is 14.6. The Kier molecular flexibility index (Phi) is 9.24. The van der Waals surface area contributed by atoms with Gasteiger partial charge in [0.25, 0.3) is 0 Å². The maximum Gasteiger partial charge on any atom is 0.140 e. The SMILES string of the molecule is C=CNC1(C(=C)N(C)CC(=C)c2ccc(N(C(=C)CCC)c3nc(C)ccc3C)cc2)CCC(C)(F)CC1. The van der Waals surface area contributed by atoms with Crippen LogP contribution in [0.2, 0.25) is 0 Å². The first-order valence-corrected chi connectivity index (χ1v) is 13.6. The van der Waals surface area contributed by atoms with Gasteiger partial charge in [-0.25, -0.2) is 9.37 Å². The molecule has 1 aliphatic carbocycles. The van der Waals surface area contributed by atoms with Gasteiger partial charge in [0, 0.05) is 36.4 Å². The molecular formula is C33H45FN4. The van der Waals surface area contributed by atoms with Crippen LogP contribution in [0.5, 0.6) is 0 Å². The van der Waals surface area contributed by atoms with Gasteiger partial charge in [-0.3, -0.25) is 4.90 Å². The summed E-state index contributed by atoms with van der Waals surface area (Å²) in [5, 5.41) is 3.40. The molecule has 38 heavy (non-hydrogen) atoms. The van der Waals surface area contributed by atoms with Crippen LogP contribution in [-0.4, -0.2) is 34.7 Å². The predicted octanol–water partition coefficient (Wildman–Crippen LogP) is 8.38. The summed E-state index contributed by atoms with van der Waals surface area (Å²) in [4.78, 5) is 9.13. The number of alkyl halides is 1. The van der Waals surface area contributed by atoms with Crippen molar-refractivity contribution in [2.24, 2.45) is 0 Å². The monoisotopic (exact) mass is 516 g/mol. The molecule has 4 nitrogen and oxygen atoms in total. The van der Waals surface area contributed by atoms with Gasteiger partial charge in [0.2, 0.25) is 0 Å². The lowest BCUT2D eigenvalue weighted by atomic mass is 9.73. The summed E-state index contributed by atoms with van der Waals surface area (Å²) in [6.45, 7) is 25.6. The number of nitrogens with zero attached hydrogens (tertiary/aromatic N) is 3. The number of aromatic nitrogens is 1. The summed E-state index contributed by atoms with van der Waals surface area (Å²) < 4.78 is 14.6. The Morgan fingerprint density at radius 1 is 1.05 bits per heavy atom. The maximum atomic E-state index is 14.6. The molecule has 1 heterocycles. The fraction of sp³-hybridized carbons (Fsp3) is 0.424. The number of anilines is 2. The fourth-order valence-corrected chi connectivity index (χ4v) is 5.29. The van der Waals surface area contributed by atoms with E-state index in [-0.39, 0.29) is 5.54 Å². The molecule has 1 aliphatic rings. The second-order valence-corrected chi connectivity index (χ2v) is 11.0. The van der Waals surface area contributed by atoms with Crippen molar-refractivity contribution in [1.82, 2.24) is 15.2 Å². The molecule has 0 atom stereocenters. The molecule has 1 N–H and O–H groups in total. The standard InChI is InChI=1S/C33H45FN4/c1-10-12-27(6)38(31-24(3)13-14-26(5)36-31)30-17-15-29(16-18-30)25(4)23-37(9)28(7)33(35-11-2)21-19-32(8,34)20-22-33/h11,13-18,35H,2,4,6-7,10,12,19-23H2,1,3,5,8-9H3.